The van der Waals surface area contributed by atoms with Crippen molar-refractivity contribution in [1.82, 2.24) is 14.8 Å². The van der Waals surface area contributed by atoms with Crippen LogP contribution in [0.4, 0.5) is 5.69 Å². The third kappa shape index (κ3) is 5.70. The predicted molar refractivity (Wildman–Crippen MR) is 136 cm³/mol. The zero-order chi connectivity index (χ0) is 24.3. The van der Waals surface area contributed by atoms with Gasteiger partial charge < -0.3 is 5.32 Å². The number of nitrogens with one attached hydrogen (secondary N) is 1. The molecule has 9 heteroatoms. The quantitative estimate of drug-likeness (QED) is 0.454. The summed E-state index contributed by atoms with van der Waals surface area (Å²) in [4.78, 5) is 12.9. The van der Waals surface area contributed by atoms with Crippen LogP contribution in [0.3, 0.4) is 0 Å². The summed E-state index contributed by atoms with van der Waals surface area (Å²) in [5.74, 6) is 1.36. The van der Waals surface area contributed by atoms with E-state index in [1.165, 1.54) is 48.7 Å². The Morgan fingerprint density at radius 2 is 1.85 bits per heavy atom. The van der Waals surface area contributed by atoms with Gasteiger partial charge in [0.15, 0.2) is 20.8 Å². The molecule has 7 nitrogen and oxygen atoms in total. The summed E-state index contributed by atoms with van der Waals surface area (Å²) >= 11 is 1.38. The number of hydrogen-bond donors (Lipinski definition) is 1. The van der Waals surface area contributed by atoms with E-state index in [2.05, 4.69) is 52.1 Å². The van der Waals surface area contributed by atoms with Crippen molar-refractivity contribution in [1.29, 1.82) is 0 Å². The summed E-state index contributed by atoms with van der Waals surface area (Å²) in [5, 5.41) is 12.6. The zero-order valence-electron chi connectivity index (χ0n) is 19.7. The number of sulfone groups is 1. The number of aryl methyl sites for hydroxylation is 1. The summed E-state index contributed by atoms with van der Waals surface area (Å²) in [6, 6.07) is 14.8. The van der Waals surface area contributed by atoms with Gasteiger partial charge in [0, 0.05) is 23.5 Å². The maximum atomic E-state index is 12.6. The van der Waals surface area contributed by atoms with Crippen LogP contribution in [0.1, 0.15) is 44.2 Å². The molecule has 3 aromatic rings. The fraction of sp³-hybridized carbons (Fsp3) is 0.400. The van der Waals surface area contributed by atoms with Gasteiger partial charge in [0.25, 0.3) is 0 Å². The molecule has 0 radical (unpaired) electrons. The average Bonchev–Trinajstić information content (AvgIpc) is 3.21. The van der Waals surface area contributed by atoms with Crippen LogP contribution < -0.4 is 5.32 Å². The lowest BCUT2D eigenvalue weighted by Gasteiger charge is -2.31. The Morgan fingerprint density at radius 3 is 2.53 bits per heavy atom. The van der Waals surface area contributed by atoms with Crippen LogP contribution in [0.25, 0.3) is 11.4 Å². The smallest absolute Gasteiger partial charge is 0.234 e. The maximum absolute atomic E-state index is 12.6. The van der Waals surface area contributed by atoms with Gasteiger partial charge >= 0.3 is 0 Å². The summed E-state index contributed by atoms with van der Waals surface area (Å²) in [6.45, 7) is 4.35. The molecular formula is C25H30N4O3S2. The molecule has 1 heterocycles. The van der Waals surface area contributed by atoms with Crippen molar-refractivity contribution < 1.29 is 13.2 Å². The molecule has 34 heavy (non-hydrogen) atoms. The summed E-state index contributed by atoms with van der Waals surface area (Å²) < 4.78 is 25.5. The minimum absolute atomic E-state index is 0.180. The van der Waals surface area contributed by atoms with Crippen LogP contribution >= 0.6 is 11.8 Å². The van der Waals surface area contributed by atoms with Crippen molar-refractivity contribution in [2.45, 2.75) is 55.6 Å². The van der Waals surface area contributed by atoms with E-state index in [9.17, 15) is 13.2 Å². The Morgan fingerprint density at radius 1 is 1.12 bits per heavy atom. The van der Waals surface area contributed by atoms with Crippen LogP contribution in [0, 0.1) is 12.8 Å². The van der Waals surface area contributed by atoms with Crippen LogP contribution in [0.2, 0.25) is 0 Å². The number of carbonyl (C=O) groups excluding carboxylic acids is 1. The van der Waals surface area contributed by atoms with Crippen molar-refractivity contribution in [2.75, 3.05) is 17.3 Å². The van der Waals surface area contributed by atoms with E-state index in [0.29, 0.717) is 17.6 Å². The lowest BCUT2D eigenvalue weighted by atomic mass is 9.85. The van der Waals surface area contributed by atoms with E-state index >= 15 is 0 Å². The summed E-state index contributed by atoms with van der Waals surface area (Å²) in [6.07, 6.45) is 5.82. The van der Waals surface area contributed by atoms with Crippen LogP contribution in [-0.4, -0.2) is 41.1 Å². The standard InChI is InChI=1S/C25H30N4O3S2/c1-17-7-6-9-19(15-17)24-27-28-25(29(24)22-10-5-4-8-18(22)2)33-16-23(30)26-20-11-13-21(14-12-20)34(3,31)32/h6-7,9,11-15,18,22H,4-5,8,10,16H2,1-3H3,(H,26,30)/t18-,22-/m0/s1. The SMILES string of the molecule is Cc1cccc(-c2nnc(SCC(=O)Nc3ccc(S(C)(=O)=O)cc3)n2[C@H]2CCCC[C@@H]2C)c1. The number of hydrogen-bond acceptors (Lipinski definition) is 6. The predicted octanol–water partition coefficient (Wildman–Crippen LogP) is 5.14. The van der Waals surface area contributed by atoms with Crippen molar-refractivity contribution in [3.8, 4) is 11.4 Å². The van der Waals surface area contributed by atoms with Crippen LogP contribution in [0.15, 0.2) is 58.6 Å². The molecule has 1 amide bonds. The molecule has 1 saturated carbocycles. The molecule has 0 bridgehead atoms. The first-order valence-electron chi connectivity index (χ1n) is 11.5. The Hall–Kier alpha value is -2.65. The van der Waals surface area contributed by atoms with Gasteiger partial charge in [0.1, 0.15) is 0 Å². The van der Waals surface area contributed by atoms with E-state index in [1.807, 2.05) is 6.07 Å². The molecule has 1 N–H and O–H groups in total. The monoisotopic (exact) mass is 498 g/mol. The summed E-state index contributed by atoms with van der Waals surface area (Å²) in [5.41, 5.74) is 2.76. The number of amides is 1. The molecule has 1 aliphatic carbocycles. The van der Waals surface area contributed by atoms with Gasteiger partial charge in [-0.2, -0.15) is 0 Å². The molecule has 1 aliphatic rings. The fourth-order valence-electron chi connectivity index (χ4n) is 4.45. The molecule has 2 aromatic carbocycles. The normalized spacial score (nSPS) is 18.6. The van der Waals surface area contributed by atoms with E-state index < -0.39 is 9.84 Å². The maximum Gasteiger partial charge on any atom is 0.234 e. The van der Waals surface area contributed by atoms with E-state index in [1.54, 1.807) is 12.1 Å². The highest BCUT2D eigenvalue weighted by atomic mass is 32.2. The first-order chi connectivity index (χ1) is 16.2. The number of aromatic nitrogens is 3. The lowest BCUT2D eigenvalue weighted by molar-refractivity contribution is -0.113. The Kier molecular flexibility index (Phi) is 7.42. The molecule has 0 saturated heterocycles. The van der Waals surface area contributed by atoms with E-state index in [0.717, 1.165) is 29.2 Å². The molecule has 0 aliphatic heterocycles. The van der Waals surface area contributed by atoms with Gasteiger partial charge in [0.05, 0.1) is 10.6 Å². The largest absolute Gasteiger partial charge is 0.325 e. The second kappa shape index (κ2) is 10.3. The highest BCUT2D eigenvalue weighted by molar-refractivity contribution is 7.99. The van der Waals surface area contributed by atoms with Gasteiger partial charge in [-0.05, 0) is 56.0 Å². The van der Waals surface area contributed by atoms with E-state index in [-0.39, 0.29) is 16.6 Å². The van der Waals surface area contributed by atoms with Gasteiger partial charge in [-0.25, -0.2) is 8.42 Å². The van der Waals surface area contributed by atoms with Crippen molar-refractivity contribution in [3.63, 3.8) is 0 Å². The zero-order valence-corrected chi connectivity index (χ0v) is 21.3. The molecule has 0 spiro atoms. The second-order valence-corrected chi connectivity index (χ2v) is 12.0. The first-order valence-corrected chi connectivity index (χ1v) is 14.3. The Balaban J connectivity index is 1.53. The van der Waals surface area contributed by atoms with Crippen molar-refractivity contribution >= 4 is 33.2 Å². The minimum Gasteiger partial charge on any atom is -0.325 e. The Bertz CT molecular complexity index is 1270. The number of thioether (sulfide) groups is 1. The van der Waals surface area contributed by atoms with Crippen LogP contribution in [-0.2, 0) is 14.6 Å². The molecule has 4 rings (SSSR count). The highest BCUT2D eigenvalue weighted by Gasteiger charge is 2.29. The molecule has 180 valence electrons. The fourth-order valence-corrected chi connectivity index (χ4v) is 5.87. The van der Waals surface area contributed by atoms with Crippen LogP contribution in [0.5, 0.6) is 0 Å². The lowest BCUT2D eigenvalue weighted by Crippen LogP contribution is -2.23. The molecule has 1 aromatic heterocycles. The molecule has 0 unspecified atom stereocenters. The van der Waals surface area contributed by atoms with Gasteiger partial charge in [-0.15, -0.1) is 10.2 Å². The van der Waals surface area contributed by atoms with E-state index in [4.69, 9.17) is 0 Å². The third-order valence-electron chi connectivity index (χ3n) is 6.24. The molecule has 1 fully saturated rings. The number of carbonyl (C=O) groups is 1. The Labute approximate surface area is 205 Å². The molecule has 2 atom stereocenters. The first kappa shape index (κ1) is 24.5. The number of nitrogens with zero attached hydrogens (tertiary/aromatic N) is 3. The third-order valence-corrected chi connectivity index (χ3v) is 8.31. The number of anilines is 1. The van der Waals surface area contributed by atoms with Gasteiger partial charge in [-0.3, -0.25) is 9.36 Å². The minimum atomic E-state index is -3.27. The topological polar surface area (TPSA) is 94.0 Å². The second-order valence-electron chi connectivity index (χ2n) is 9.01. The van der Waals surface area contributed by atoms with Crippen molar-refractivity contribution in [3.05, 3.63) is 54.1 Å². The number of rotatable bonds is 7. The number of benzene rings is 2. The van der Waals surface area contributed by atoms with Gasteiger partial charge in [0.2, 0.25) is 5.91 Å². The highest BCUT2D eigenvalue weighted by Crippen LogP contribution is 2.39. The average molecular weight is 499 g/mol. The molecular weight excluding hydrogens is 468 g/mol. The van der Waals surface area contributed by atoms with Gasteiger partial charge in [-0.1, -0.05) is 55.3 Å². The summed E-state index contributed by atoms with van der Waals surface area (Å²) in [7, 11) is -3.27. The van der Waals surface area contributed by atoms with Crippen molar-refractivity contribution in [2.24, 2.45) is 5.92 Å².